The van der Waals surface area contributed by atoms with Crippen LogP contribution in [0.2, 0.25) is 0 Å². The molecule has 0 spiro atoms. The first-order valence-electron chi connectivity index (χ1n) is 9.93. The van der Waals surface area contributed by atoms with E-state index in [0.717, 1.165) is 43.5 Å². The number of ether oxygens (including phenoxy) is 1. The van der Waals surface area contributed by atoms with Crippen molar-refractivity contribution in [2.24, 2.45) is 0 Å². The van der Waals surface area contributed by atoms with Crippen molar-refractivity contribution in [2.45, 2.75) is 31.7 Å². The number of nitrogens with one attached hydrogen (secondary N) is 1. The van der Waals surface area contributed by atoms with Crippen molar-refractivity contribution in [1.82, 2.24) is 19.7 Å². The minimum Gasteiger partial charge on any atom is -0.497 e. The van der Waals surface area contributed by atoms with Gasteiger partial charge in [-0.1, -0.05) is 25.0 Å². The van der Waals surface area contributed by atoms with Gasteiger partial charge in [-0.25, -0.2) is 14.5 Å². The van der Waals surface area contributed by atoms with Gasteiger partial charge in [0.15, 0.2) is 5.82 Å². The van der Waals surface area contributed by atoms with E-state index >= 15 is 0 Å². The minimum atomic E-state index is -0.117. The summed E-state index contributed by atoms with van der Waals surface area (Å²) in [7, 11) is 1.66. The Morgan fingerprint density at radius 2 is 1.97 bits per heavy atom. The summed E-state index contributed by atoms with van der Waals surface area (Å²) < 4.78 is 6.93. The molecule has 1 atom stereocenters. The number of hydrogen-bond donors (Lipinski definition) is 1. The second-order valence-electron chi connectivity index (χ2n) is 7.09. The number of rotatable bonds is 4. The number of carbonyl (C=O) groups is 1. The van der Waals surface area contributed by atoms with Crippen molar-refractivity contribution in [3.8, 4) is 11.6 Å². The summed E-state index contributed by atoms with van der Waals surface area (Å²) in [5.41, 5.74) is 1.76. The molecular formula is C22H25N5O2. The lowest BCUT2D eigenvalue weighted by atomic mass is 10.0. The van der Waals surface area contributed by atoms with Crippen molar-refractivity contribution < 1.29 is 9.53 Å². The third kappa shape index (κ3) is 4.23. The van der Waals surface area contributed by atoms with Gasteiger partial charge in [0.05, 0.1) is 18.8 Å². The van der Waals surface area contributed by atoms with E-state index < -0.39 is 0 Å². The Labute approximate surface area is 170 Å². The largest absolute Gasteiger partial charge is 0.497 e. The SMILES string of the molecule is COc1ccc([C@@H]2CCCCCN2C(=O)Nc2cccnc2-n2cccn2)cc1. The number of nitrogens with zero attached hydrogens (tertiary/aromatic N) is 4. The number of urea groups is 1. The maximum Gasteiger partial charge on any atom is 0.322 e. The van der Waals surface area contributed by atoms with Crippen LogP contribution in [0.15, 0.2) is 61.1 Å². The quantitative estimate of drug-likeness (QED) is 0.714. The predicted molar refractivity (Wildman–Crippen MR) is 111 cm³/mol. The smallest absolute Gasteiger partial charge is 0.322 e. The fraction of sp³-hybridized carbons (Fsp3) is 0.318. The van der Waals surface area contributed by atoms with Crippen LogP contribution in [0.4, 0.5) is 10.5 Å². The molecule has 3 heterocycles. The average molecular weight is 391 g/mol. The third-order valence-corrected chi connectivity index (χ3v) is 5.26. The molecule has 1 aliphatic heterocycles. The molecule has 0 saturated carbocycles. The average Bonchev–Trinajstić information content (AvgIpc) is 3.18. The lowest BCUT2D eigenvalue weighted by Crippen LogP contribution is -2.38. The molecule has 29 heavy (non-hydrogen) atoms. The molecule has 150 valence electrons. The molecule has 1 N–H and O–H groups in total. The number of amides is 2. The third-order valence-electron chi connectivity index (χ3n) is 5.26. The van der Waals surface area contributed by atoms with Crippen LogP contribution in [-0.4, -0.2) is 39.4 Å². The lowest BCUT2D eigenvalue weighted by molar-refractivity contribution is 0.189. The summed E-state index contributed by atoms with van der Waals surface area (Å²) in [5, 5.41) is 7.30. The lowest BCUT2D eigenvalue weighted by Gasteiger charge is -2.31. The fourth-order valence-corrected chi connectivity index (χ4v) is 3.78. The number of likely N-dealkylation sites (tertiary alicyclic amines) is 1. The van der Waals surface area contributed by atoms with Crippen molar-refractivity contribution in [2.75, 3.05) is 19.0 Å². The molecule has 4 rings (SSSR count). The van der Waals surface area contributed by atoms with Crippen molar-refractivity contribution in [3.63, 3.8) is 0 Å². The van der Waals surface area contributed by atoms with Gasteiger partial charge in [-0.2, -0.15) is 5.10 Å². The highest BCUT2D eigenvalue weighted by atomic mass is 16.5. The summed E-state index contributed by atoms with van der Waals surface area (Å²) in [6, 6.07) is 13.4. The molecule has 1 saturated heterocycles. The predicted octanol–water partition coefficient (Wildman–Crippen LogP) is 4.43. The van der Waals surface area contributed by atoms with E-state index in [2.05, 4.69) is 15.4 Å². The Balaban J connectivity index is 1.59. The van der Waals surface area contributed by atoms with Gasteiger partial charge in [0.1, 0.15) is 5.75 Å². The van der Waals surface area contributed by atoms with E-state index in [-0.39, 0.29) is 12.1 Å². The first-order chi connectivity index (χ1) is 14.3. The van der Waals surface area contributed by atoms with Crippen LogP contribution < -0.4 is 10.1 Å². The zero-order chi connectivity index (χ0) is 20.1. The minimum absolute atomic E-state index is 0.0354. The molecule has 7 nitrogen and oxygen atoms in total. The standard InChI is InChI=1S/C22H25N5O2/c1-29-18-11-9-17(10-12-18)20-8-3-2-4-15-26(20)22(28)25-19-7-5-13-23-21(19)27-16-6-14-24-27/h5-7,9-14,16,20H,2-4,8,15H2,1H3,(H,25,28)/t20-/m0/s1. The molecule has 0 aliphatic carbocycles. The van der Waals surface area contributed by atoms with Crippen molar-refractivity contribution in [3.05, 3.63) is 66.6 Å². The molecule has 7 heteroatoms. The number of anilines is 1. The van der Waals surface area contributed by atoms with Crippen molar-refractivity contribution in [1.29, 1.82) is 0 Å². The zero-order valence-electron chi connectivity index (χ0n) is 16.5. The van der Waals surface area contributed by atoms with E-state index in [4.69, 9.17) is 4.74 Å². The maximum atomic E-state index is 13.3. The number of methoxy groups -OCH3 is 1. The fourth-order valence-electron chi connectivity index (χ4n) is 3.78. The summed E-state index contributed by atoms with van der Waals surface area (Å²) >= 11 is 0. The van der Waals surface area contributed by atoms with E-state index in [0.29, 0.717) is 11.5 Å². The topological polar surface area (TPSA) is 72.3 Å². The van der Waals surface area contributed by atoms with Crippen LogP contribution in [0, 0.1) is 0 Å². The maximum absolute atomic E-state index is 13.3. The Bertz CT molecular complexity index is 940. The van der Waals surface area contributed by atoms with Crippen LogP contribution in [0.5, 0.6) is 5.75 Å². The van der Waals surface area contributed by atoms with E-state index in [1.807, 2.05) is 53.6 Å². The number of carbonyl (C=O) groups excluding carboxylic acids is 1. The zero-order valence-corrected chi connectivity index (χ0v) is 16.5. The number of hydrogen-bond acceptors (Lipinski definition) is 4. The van der Waals surface area contributed by atoms with Gasteiger partial charge in [-0.15, -0.1) is 0 Å². The molecule has 1 fully saturated rings. The van der Waals surface area contributed by atoms with Gasteiger partial charge in [0.25, 0.3) is 0 Å². The van der Waals surface area contributed by atoms with Gasteiger partial charge >= 0.3 is 6.03 Å². The van der Waals surface area contributed by atoms with Crippen LogP contribution in [-0.2, 0) is 0 Å². The van der Waals surface area contributed by atoms with Crippen LogP contribution in [0.25, 0.3) is 5.82 Å². The summed E-state index contributed by atoms with van der Waals surface area (Å²) in [4.78, 5) is 19.6. The summed E-state index contributed by atoms with van der Waals surface area (Å²) in [6.07, 6.45) is 9.36. The monoisotopic (exact) mass is 391 g/mol. The second-order valence-corrected chi connectivity index (χ2v) is 7.09. The van der Waals surface area contributed by atoms with Crippen LogP contribution in [0.3, 0.4) is 0 Å². The summed E-state index contributed by atoms with van der Waals surface area (Å²) in [6.45, 7) is 0.722. The molecular weight excluding hydrogens is 366 g/mol. The van der Waals surface area contributed by atoms with Crippen molar-refractivity contribution >= 4 is 11.7 Å². The number of aromatic nitrogens is 3. The Morgan fingerprint density at radius 3 is 2.72 bits per heavy atom. The summed E-state index contributed by atoms with van der Waals surface area (Å²) in [5.74, 6) is 1.42. The van der Waals surface area contributed by atoms with E-state index in [1.54, 1.807) is 24.2 Å². The first-order valence-corrected chi connectivity index (χ1v) is 9.93. The van der Waals surface area contributed by atoms with Gasteiger partial charge in [-0.3, -0.25) is 0 Å². The highest BCUT2D eigenvalue weighted by molar-refractivity contribution is 5.91. The van der Waals surface area contributed by atoms with E-state index in [1.165, 1.54) is 0 Å². The van der Waals surface area contributed by atoms with Crippen LogP contribution in [0.1, 0.15) is 37.3 Å². The molecule has 0 radical (unpaired) electrons. The normalized spacial score (nSPS) is 16.9. The highest BCUT2D eigenvalue weighted by Gasteiger charge is 2.27. The Kier molecular flexibility index (Phi) is 5.74. The van der Waals surface area contributed by atoms with Gasteiger partial charge in [-0.05, 0) is 48.7 Å². The molecule has 3 aromatic rings. The van der Waals surface area contributed by atoms with Gasteiger partial charge in [0.2, 0.25) is 0 Å². The van der Waals surface area contributed by atoms with E-state index in [9.17, 15) is 4.79 Å². The first kappa shape index (κ1) is 19.0. The van der Waals surface area contributed by atoms with Crippen LogP contribution >= 0.6 is 0 Å². The molecule has 2 aromatic heterocycles. The molecule has 1 aromatic carbocycles. The molecule has 1 aliphatic rings. The highest BCUT2D eigenvalue weighted by Crippen LogP contribution is 2.32. The second kappa shape index (κ2) is 8.77. The molecule has 0 bridgehead atoms. The number of benzene rings is 1. The molecule has 2 amide bonds. The number of pyridine rings is 1. The molecule has 0 unspecified atom stereocenters. The van der Waals surface area contributed by atoms with Gasteiger partial charge < -0.3 is 15.0 Å². The van der Waals surface area contributed by atoms with Gasteiger partial charge in [0, 0.05) is 25.1 Å². The Hall–Kier alpha value is -3.35. The Morgan fingerprint density at radius 1 is 1.10 bits per heavy atom.